The van der Waals surface area contributed by atoms with Gasteiger partial charge in [-0.2, -0.15) is 0 Å². The minimum Gasteiger partial charge on any atom is -0.280 e. The highest BCUT2D eigenvalue weighted by Gasteiger charge is 2.29. The van der Waals surface area contributed by atoms with Gasteiger partial charge in [-0.05, 0) is 53.6 Å². The van der Waals surface area contributed by atoms with Crippen molar-refractivity contribution in [2.24, 2.45) is 0 Å². The highest BCUT2D eigenvalue weighted by molar-refractivity contribution is 5.96. The van der Waals surface area contributed by atoms with Crippen molar-refractivity contribution in [3.63, 3.8) is 0 Å². The number of imidazole rings is 1. The zero-order valence-corrected chi connectivity index (χ0v) is 28.1. The monoisotopic (exact) mass is 665 g/mol. The summed E-state index contributed by atoms with van der Waals surface area (Å²) in [5, 5.41) is 0. The van der Waals surface area contributed by atoms with Crippen LogP contribution in [0.4, 0.5) is 17.3 Å². The number of aromatic nitrogens is 4. The third-order valence-electron chi connectivity index (χ3n) is 9.77. The Bertz CT molecular complexity index is 2680. The fraction of sp³-hybridized carbons (Fsp3) is 0. The van der Waals surface area contributed by atoms with Crippen molar-refractivity contribution in [2.75, 3.05) is 4.90 Å². The van der Waals surface area contributed by atoms with E-state index >= 15 is 0 Å². The van der Waals surface area contributed by atoms with E-state index in [2.05, 4.69) is 161 Å². The molecule has 1 aliphatic rings. The van der Waals surface area contributed by atoms with Gasteiger partial charge >= 0.3 is 0 Å². The first-order chi connectivity index (χ1) is 25.8. The standard InChI is InChI=1S/C47H31N5/c1-3-14-33(15-4-1)41-31-42(49-46(48-41)35-16-5-2-6-17-35)34-28-26-32(27-29-34)36-18-13-19-37(30-36)51-43-23-10-7-20-38(43)39-21-8-11-24-44(39)52-45-25-12-9-22-40(45)50-47(51)52/h1-31H. The molecule has 0 saturated heterocycles. The molecule has 0 atom stereocenters. The van der Waals surface area contributed by atoms with Crippen LogP contribution in [-0.2, 0) is 0 Å². The smallest absolute Gasteiger partial charge is 0.220 e. The molecule has 52 heavy (non-hydrogen) atoms. The van der Waals surface area contributed by atoms with E-state index in [4.69, 9.17) is 15.0 Å². The maximum Gasteiger partial charge on any atom is 0.220 e. The summed E-state index contributed by atoms with van der Waals surface area (Å²) in [7, 11) is 0. The van der Waals surface area contributed by atoms with Crippen LogP contribution in [0.25, 0.3) is 72.9 Å². The largest absolute Gasteiger partial charge is 0.280 e. The lowest BCUT2D eigenvalue weighted by Gasteiger charge is -2.25. The van der Waals surface area contributed by atoms with Crippen LogP contribution in [0.15, 0.2) is 188 Å². The Morgan fingerprint density at radius 1 is 0.365 bits per heavy atom. The van der Waals surface area contributed by atoms with Crippen LogP contribution in [0, 0.1) is 0 Å². The van der Waals surface area contributed by atoms with E-state index in [1.807, 2.05) is 36.4 Å². The van der Waals surface area contributed by atoms with Crippen molar-refractivity contribution in [1.29, 1.82) is 0 Å². The zero-order chi connectivity index (χ0) is 34.4. The number of para-hydroxylation sites is 4. The van der Waals surface area contributed by atoms with E-state index in [0.717, 1.165) is 78.8 Å². The van der Waals surface area contributed by atoms with Gasteiger partial charge in [0.15, 0.2) is 5.82 Å². The lowest BCUT2D eigenvalue weighted by atomic mass is 10.00. The Balaban J connectivity index is 1.07. The molecule has 5 heteroatoms. The minimum atomic E-state index is 0.708. The maximum atomic E-state index is 5.25. The Morgan fingerprint density at radius 3 is 1.67 bits per heavy atom. The van der Waals surface area contributed by atoms with E-state index in [1.165, 1.54) is 5.56 Å². The van der Waals surface area contributed by atoms with Gasteiger partial charge < -0.3 is 0 Å². The Hall–Kier alpha value is -7.11. The van der Waals surface area contributed by atoms with Crippen molar-refractivity contribution in [2.45, 2.75) is 0 Å². The molecule has 9 aromatic rings. The summed E-state index contributed by atoms with van der Waals surface area (Å²) in [4.78, 5) is 17.5. The van der Waals surface area contributed by atoms with Crippen molar-refractivity contribution >= 4 is 28.4 Å². The van der Waals surface area contributed by atoms with Gasteiger partial charge in [0.25, 0.3) is 0 Å². The van der Waals surface area contributed by atoms with E-state index in [1.54, 1.807) is 0 Å². The fourth-order valence-corrected chi connectivity index (χ4v) is 7.28. The number of benzene rings is 7. The second-order valence-corrected chi connectivity index (χ2v) is 12.9. The van der Waals surface area contributed by atoms with E-state index in [-0.39, 0.29) is 0 Å². The number of rotatable bonds is 5. The molecule has 5 nitrogen and oxygen atoms in total. The average Bonchev–Trinajstić information content (AvgIpc) is 3.55. The van der Waals surface area contributed by atoms with Crippen LogP contribution in [0.1, 0.15) is 0 Å². The number of hydrogen-bond acceptors (Lipinski definition) is 4. The van der Waals surface area contributed by atoms with Gasteiger partial charge in [-0.15, -0.1) is 0 Å². The lowest BCUT2D eigenvalue weighted by molar-refractivity contribution is 1.05. The first-order valence-corrected chi connectivity index (χ1v) is 17.5. The van der Waals surface area contributed by atoms with Crippen LogP contribution in [-0.4, -0.2) is 19.5 Å². The van der Waals surface area contributed by atoms with Crippen LogP contribution < -0.4 is 4.90 Å². The topological polar surface area (TPSA) is 46.8 Å². The van der Waals surface area contributed by atoms with Crippen molar-refractivity contribution in [1.82, 2.24) is 19.5 Å². The molecule has 10 rings (SSSR count). The normalized spacial score (nSPS) is 11.8. The van der Waals surface area contributed by atoms with Gasteiger partial charge in [0, 0.05) is 33.5 Å². The second kappa shape index (κ2) is 12.3. The molecule has 0 radical (unpaired) electrons. The van der Waals surface area contributed by atoms with E-state index in [9.17, 15) is 0 Å². The van der Waals surface area contributed by atoms with Gasteiger partial charge in [-0.1, -0.05) is 146 Å². The SMILES string of the molecule is c1ccc(-c2cc(-c3ccc(-c4cccc(N5c6ccccc6-c6ccccc6-n6c5nc5ccccc56)c4)cc3)nc(-c3ccccc3)n2)cc1. The van der Waals surface area contributed by atoms with Crippen molar-refractivity contribution < 1.29 is 0 Å². The highest BCUT2D eigenvalue weighted by atomic mass is 15.3. The maximum absolute atomic E-state index is 5.25. The predicted molar refractivity (Wildman–Crippen MR) is 212 cm³/mol. The summed E-state index contributed by atoms with van der Waals surface area (Å²) in [6, 6.07) is 65.6. The van der Waals surface area contributed by atoms with Crippen molar-refractivity contribution in [3.8, 4) is 61.8 Å². The highest BCUT2D eigenvalue weighted by Crippen LogP contribution is 2.47. The molecule has 2 aromatic heterocycles. The number of hydrogen-bond donors (Lipinski definition) is 0. The van der Waals surface area contributed by atoms with Gasteiger partial charge in [0.2, 0.25) is 5.95 Å². The number of anilines is 3. The Kier molecular flexibility index (Phi) is 7.07. The molecule has 3 heterocycles. The average molecular weight is 666 g/mol. The lowest BCUT2D eigenvalue weighted by Crippen LogP contribution is -2.14. The molecular formula is C47H31N5. The minimum absolute atomic E-state index is 0.708. The molecule has 0 spiro atoms. The van der Waals surface area contributed by atoms with E-state index < -0.39 is 0 Å². The van der Waals surface area contributed by atoms with Gasteiger partial charge in [0.05, 0.1) is 33.8 Å². The van der Waals surface area contributed by atoms with Gasteiger partial charge in [-0.3, -0.25) is 9.47 Å². The van der Waals surface area contributed by atoms with Gasteiger partial charge in [-0.25, -0.2) is 15.0 Å². The number of fused-ring (bicyclic) bond motifs is 7. The van der Waals surface area contributed by atoms with Crippen molar-refractivity contribution in [3.05, 3.63) is 188 Å². The summed E-state index contributed by atoms with van der Waals surface area (Å²) in [6.07, 6.45) is 0. The summed E-state index contributed by atoms with van der Waals surface area (Å²) in [5.41, 5.74) is 14.7. The molecule has 0 bridgehead atoms. The molecule has 0 saturated carbocycles. The second-order valence-electron chi connectivity index (χ2n) is 12.9. The molecular weight excluding hydrogens is 635 g/mol. The van der Waals surface area contributed by atoms with Crippen LogP contribution in [0.2, 0.25) is 0 Å². The van der Waals surface area contributed by atoms with Gasteiger partial charge in [0.1, 0.15) is 0 Å². The van der Waals surface area contributed by atoms with Crippen LogP contribution in [0.5, 0.6) is 0 Å². The molecule has 1 aliphatic heterocycles. The summed E-state index contributed by atoms with van der Waals surface area (Å²) in [5.74, 6) is 1.57. The molecule has 0 unspecified atom stereocenters. The summed E-state index contributed by atoms with van der Waals surface area (Å²) in [6.45, 7) is 0. The fourth-order valence-electron chi connectivity index (χ4n) is 7.28. The summed E-state index contributed by atoms with van der Waals surface area (Å²) >= 11 is 0. The van der Waals surface area contributed by atoms with Crippen LogP contribution >= 0.6 is 0 Å². The molecule has 0 N–H and O–H groups in total. The molecule has 0 amide bonds. The zero-order valence-electron chi connectivity index (χ0n) is 28.1. The third kappa shape index (κ3) is 5.07. The molecule has 244 valence electrons. The molecule has 0 fully saturated rings. The quantitative estimate of drug-likeness (QED) is 0.184. The molecule has 0 aliphatic carbocycles. The first kappa shape index (κ1) is 29.8. The number of nitrogens with zero attached hydrogens (tertiary/aromatic N) is 5. The molecule has 7 aromatic carbocycles. The third-order valence-corrected chi connectivity index (χ3v) is 9.77. The van der Waals surface area contributed by atoms with Crippen LogP contribution in [0.3, 0.4) is 0 Å². The van der Waals surface area contributed by atoms with E-state index in [0.29, 0.717) is 5.82 Å². The Labute approximate surface area is 301 Å². The Morgan fingerprint density at radius 2 is 0.923 bits per heavy atom. The predicted octanol–water partition coefficient (Wildman–Crippen LogP) is 11.9. The summed E-state index contributed by atoms with van der Waals surface area (Å²) < 4.78 is 2.29. The first-order valence-electron chi connectivity index (χ1n) is 17.5.